The fraction of sp³-hybridized carbons (Fsp3) is 0.240. The Bertz CT molecular complexity index is 1170. The molecule has 1 aromatic heterocycles. The molecule has 7 nitrogen and oxygen atoms in total. The Morgan fingerprint density at radius 3 is 2.72 bits per heavy atom. The van der Waals surface area contributed by atoms with Gasteiger partial charge in [-0.1, -0.05) is 36.8 Å². The standard InChI is InChI=1S/C25H27N3O4/c1-4-13-32-23-15-19(10-11-22(23)31-3)16-26-27-24(29)21-9-6-12-28(25(21)30)17-20-8-5-7-18(2)14-20/h5-12,14-16H,4,13,17H2,1-3H3,(H,27,29)/b26-16-. The van der Waals surface area contributed by atoms with Gasteiger partial charge in [-0.15, -0.1) is 0 Å². The van der Waals surface area contributed by atoms with Crippen LogP contribution in [0.25, 0.3) is 0 Å². The van der Waals surface area contributed by atoms with Gasteiger partial charge in [0.05, 0.1) is 26.5 Å². The summed E-state index contributed by atoms with van der Waals surface area (Å²) in [5.74, 6) is 0.658. The Kier molecular flexibility index (Phi) is 7.80. The summed E-state index contributed by atoms with van der Waals surface area (Å²) in [5, 5.41) is 3.99. The molecule has 0 radical (unpaired) electrons. The van der Waals surface area contributed by atoms with E-state index >= 15 is 0 Å². The second-order valence-electron chi connectivity index (χ2n) is 7.30. The van der Waals surface area contributed by atoms with Crippen LogP contribution < -0.4 is 20.5 Å². The molecule has 166 valence electrons. The Hall–Kier alpha value is -3.87. The monoisotopic (exact) mass is 433 g/mol. The van der Waals surface area contributed by atoms with Crippen LogP contribution in [0.3, 0.4) is 0 Å². The fourth-order valence-electron chi connectivity index (χ4n) is 3.17. The number of aryl methyl sites for hydroxylation is 1. The molecule has 0 saturated heterocycles. The predicted molar refractivity (Wildman–Crippen MR) is 125 cm³/mol. The predicted octanol–water partition coefficient (Wildman–Crippen LogP) is 3.77. The first kappa shape index (κ1) is 22.8. The van der Waals surface area contributed by atoms with Gasteiger partial charge in [-0.25, -0.2) is 5.43 Å². The third-order valence-corrected chi connectivity index (χ3v) is 4.73. The maximum Gasteiger partial charge on any atom is 0.276 e. The topological polar surface area (TPSA) is 81.9 Å². The van der Waals surface area contributed by atoms with Gasteiger partial charge < -0.3 is 14.0 Å². The number of carbonyl (C=O) groups excluding carboxylic acids is 1. The van der Waals surface area contributed by atoms with Crippen molar-refractivity contribution in [2.45, 2.75) is 26.8 Å². The van der Waals surface area contributed by atoms with Crippen LogP contribution in [0.1, 0.15) is 40.4 Å². The van der Waals surface area contributed by atoms with Crippen LogP contribution in [-0.2, 0) is 6.54 Å². The van der Waals surface area contributed by atoms with E-state index in [1.807, 2.05) is 38.1 Å². The molecule has 0 spiro atoms. The lowest BCUT2D eigenvalue weighted by molar-refractivity contribution is 0.0953. The summed E-state index contributed by atoms with van der Waals surface area (Å²) in [6.45, 7) is 4.97. The van der Waals surface area contributed by atoms with E-state index in [2.05, 4.69) is 10.5 Å². The summed E-state index contributed by atoms with van der Waals surface area (Å²) in [6, 6.07) is 16.4. The zero-order valence-electron chi connectivity index (χ0n) is 18.5. The second kappa shape index (κ2) is 10.9. The highest BCUT2D eigenvalue weighted by Crippen LogP contribution is 2.27. The molecule has 1 heterocycles. The molecule has 3 aromatic rings. The summed E-state index contributed by atoms with van der Waals surface area (Å²) >= 11 is 0. The first-order valence-electron chi connectivity index (χ1n) is 10.4. The van der Waals surface area contributed by atoms with Gasteiger partial charge in [0.25, 0.3) is 11.5 Å². The normalized spacial score (nSPS) is 10.8. The smallest absolute Gasteiger partial charge is 0.276 e. The average Bonchev–Trinajstić information content (AvgIpc) is 2.79. The van der Waals surface area contributed by atoms with Gasteiger partial charge in [-0.05, 0) is 54.8 Å². The van der Waals surface area contributed by atoms with Gasteiger partial charge in [-0.2, -0.15) is 5.10 Å². The van der Waals surface area contributed by atoms with E-state index < -0.39 is 5.91 Å². The number of hydrazone groups is 1. The molecule has 7 heteroatoms. The molecular formula is C25H27N3O4. The van der Waals surface area contributed by atoms with Gasteiger partial charge in [0.2, 0.25) is 0 Å². The molecule has 0 bridgehead atoms. The molecule has 1 N–H and O–H groups in total. The number of hydrogen-bond acceptors (Lipinski definition) is 5. The molecule has 1 amide bonds. The minimum atomic E-state index is -0.569. The highest BCUT2D eigenvalue weighted by molar-refractivity contribution is 5.94. The Morgan fingerprint density at radius 2 is 1.97 bits per heavy atom. The van der Waals surface area contributed by atoms with Gasteiger partial charge in [0, 0.05) is 6.20 Å². The van der Waals surface area contributed by atoms with Crippen LogP contribution in [-0.4, -0.2) is 30.4 Å². The van der Waals surface area contributed by atoms with Crippen LogP contribution in [0, 0.1) is 6.92 Å². The quantitative estimate of drug-likeness (QED) is 0.411. The molecular weight excluding hydrogens is 406 g/mol. The lowest BCUT2D eigenvalue weighted by Gasteiger charge is -2.10. The van der Waals surface area contributed by atoms with E-state index in [1.165, 1.54) is 16.8 Å². The van der Waals surface area contributed by atoms with Crippen molar-refractivity contribution in [3.05, 3.63) is 93.4 Å². The van der Waals surface area contributed by atoms with E-state index in [9.17, 15) is 9.59 Å². The van der Waals surface area contributed by atoms with Crippen LogP contribution >= 0.6 is 0 Å². The SMILES string of the molecule is CCCOc1cc(/C=N\NC(=O)c2cccn(Cc3cccc(C)c3)c2=O)ccc1OC. The van der Waals surface area contributed by atoms with Crippen molar-refractivity contribution in [1.82, 2.24) is 9.99 Å². The minimum Gasteiger partial charge on any atom is -0.493 e. The molecule has 0 aliphatic heterocycles. The van der Waals surface area contributed by atoms with E-state index in [0.29, 0.717) is 24.7 Å². The summed E-state index contributed by atoms with van der Waals surface area (Å²) in [6.07, 6.45) is 4.03. The number of methoxy groups -OCH3 is 1. The lowest BCUT2D eigenvalue weighted by atomic mass is 10.1. The molecule has 0 atom stereocenters. The van der Waals surface area contributed by atoms with Crippen molar-refractivity contribution in [1.29, 1.82) is 0 Å². The number of benzene rings is 2. The van der Waals surface area contributed by atoms with Gasteiger partial charge in [0.15, 0.2) is 11.5 Å². The van der Waals surface area contributed by atoms with E-state index in [-0.39, 0.29) is 11.1 Å². The van der Waals surface area contributed by atoms with Crippen molar-refractivity contribution < 1.29 is 14.3 Å². The van der Waals surface area contributed by atoms with E-state index in [0.717, 1.165) is 23.1 Å². The average molecular weight is 434 g/mol. The zero-order chi connectivity index (χ0) is 22.9. The maximum absolute atomic E-state index is 12.8. The highest BCUT2D eigenvalue weighted by atomic mass is 16.5. The lowest BCUT2D eigenvalue weighted by Crippen LogP contribution is -2.30. The van der Waals surface area contributed by atoms with Gasteiger partial charge in [-0.3, -0.25) is 9.59 Å². The molecule has 0 saturated carbocycles. The van der Waals surface area contributed by atoms with Crippen LogP contribution in [0.2, 0.25) is 0 Å². The van der Waals surface area contributed by atoms with Crippen LogP contribution in [0.5, 0.6) is 11.5 Å². The number of hydrogen-bond donors (Lipinski definition) is 1. The Morgan fingerprint density at radius 1 is 1.12 bits per heavy atom. The van der Waals surface area contributed by atoms with E-state index in [4.69, 9.17) is 9.47 Å². The number of aromatic nitrogens is 1. The van der Waals surface area contributed by atoms with E-state index in [1.54, 1.807) is 37.6 Å². The summed E-state index contributed by atoms with van der Waals surface area (Å²) < 4.78 is 12.5. The van der Waals surface area contributed by atoms with Gasteiger partial charge in [0.1, 0.15) is 5.56 Å². The number of pyridine rings is 1. The van der Waals surface area contributed by atoms with Crippen molar-refractivity contribution in [3.63, 3.8) is 0 Å². The highest BCUT2D eigenvalue weighted by Gasteiger charge is 2.12. The Labute approximate surface area is 187 Å². The fourth-order valence-corrected chi connectivity index (χ4v) is 3.17. The summed E-state index contributed by atoms with van der Waals surface area (Å²) in [5.41, 5.74) is 4.90. The van der Waals surface area contributed by atoms with Crippen molar-refractivity contribution in [3.8, 4) is 11.5 Å². The number of rotatable bonds is 9. The van der Waals surface area contributed by atoms with Crippen molar-refractivity contribution >= 4 is 12.1 Å². The van der Waals surface area contributed by atoms with Crippen molar-refractivity contribution in [2.75, 3.05) is 13.7 Å². The number of nitrogens with one attached hydrogen (secondary N) is 1. The second-order valence-corrected chi connectivity index (χ2v) is 7.30. The zero-order valence-corrected chi connectivity index (χ0v) is 18.5. The molecule has 3 rings (SSSR count). The number of ether oxygens (including phenoxy) is 2. The molecule has 2 aromatic carbocycles. The van der Waals surface area contributed by atoms with Crippen LogP contribution in [0.15, 0.2) is 70.7 Å². The molecule has 0 aliphatic carbocycles. The molecule has 0 fully saturated rings. The third kappa shape index (κ3) is 5.85. The van der Waals surface area contributed by atoms with Crippen LogP contribution in [0.4, 0.5) is 0 Å². The minimum absolute atomic E-state index is 0.0269. The third-order valence-electron chi connectivity index (χ3n) is 4.73. The molecule has 32 heavy (non-hydrogen) atoms. The maximum atomic E-state index is 12.8. The molecule has 0 aliphatic rings. The molecule has 0 unspecified atom stereocenters. The number of carbonyl (C=O) groups is 1. The first-order chi connectivity index (χ1) is 15.5. The number of amides is 1. The summed E-state index contributed by atoms with van der Waals surface area (Å²) in [4.78, 5) is 25.3. The van der Waals surface area contributed by atoms with Crippen molar-refractivity contribution in [2.24, 2.45) is 5.10 Å². The Balaban J connectivity index is 1.71. The van der Waals surface area contributed by atoms with Gasteiger partial charge >= 0.3 is 0 Å². The first-order valence-corrected chi connectivity index (χ1v) is 10.4. The summed E-state index contributed by atoms with van der Waals surface area (Å²) in [7, 11) is 1.58. The number of nitrogens with zero attached hydrogens (tertiary/aromatic N) is 2. The largest absolute Gasteiger partial charge is 0.493 e.